The molecule has 4 heteroatoms. The summed E-state index contributed by atoms with van der Waals surface area (Å²) in [5.74, 6) is 0.834. The Morgan fingerprint density at radius 2 is 1.58 bits per heavy atom. The number of aromatic nitrogens is 3. The van der Waals surface area contributed by atoms with Gasteiger partial charge in [-0.15, -0.1) is 0 Å². The van der Waals surface area contributed by atoms with Crippen molar-refractivity contribution in [2.45, 2.75) is 19.8 Å². The third kappa shape index (κ3) is 2.87. The van der Waals surface area contributed by atoms with Gasteiger partial charge >= 0.3 is 0 Å². The second-order valence-corrected chi connectivity index (χ2v) is 6.23. The normalized spacial score (nSPS) is 14.1. The smallest absolute Gasteiger partial charge is 0.225 e. The fraction of sp³-hybridized carbons (Fsp3) is 0.250. The molecule has 1 saturated heterocycles. The number of hydrogen-bond donors (Lipinski definition) is 0. The zero-order chi connectivity index (χ0) is 16.4. The van der Waals surface area contributed by atoms with Gasteiger partial charge in [0.1, 0.15) is 0 Å². The number of benzene rings is 1. The number of rotatable bonds is 3. The van der Waals surface area contributed by atoms with Crippen LogP contribution in [-0.2, 0) is 0 Å². The fourth-order valence-corrected chi connectivity index (χ4v) is 3.12. The zero-order valence-electron chi connectivity index (χ0n) is 13.8. The minimum absolute atomic E-state index is 0.834. The lowest BCUT2D eigenvalue weighted by molar-refractivity contribution is 0.901. The van der Waals surface area contributed by atoms with Crippen LogP contribution in [0, 0.1) is 6.92 Å². The standard InChI is InChI=1S/C20H20N4/c1-15-4-6-17(7-5-15)19-18(16-8-10-21-11-9-16)14-22-20(23-19)24-12-2-3-13-24/h4-11,14H,2-3,12-13H2,1H3. The molecule has 0 unspecified atom stereocenters. The molecule has 120 valence electrons. The van der Waals surface area contributed by atoms with Crippen LogP contribution in [0.25, 0.3) is 22.4 Å². The number of aryl methyl sites for hydroxylation is 1. The van der Waals surface area contributed by atoms with Gasteiger partial charge in [0.25, 0.3) is 0 Å². The third-order valence-corrected chi connectivity index (χ3v) is 4.48. The van der Waals surface area contributed by atoms with Crippen molar-refractivity contribution < 1.29 is 0 Å². The van der Waals surface area contributed by atoms with Gasteiger partial charge in [0.05, 0.1) is 5.69 Å². The lowest BCUT2D eigenvalue weighted by Crippen LogP contribution is -2.20. The van der Waals surface area contributed by atoms with Gasteiger partial charge in [-0.1, -0.05) is 29.8 Å². The Bertz CT molecular complexity index is 822. The lowest BCUT2D eigenvalue weighted by Gasteiger charge is -2.17. The van der Waals surface area contributed by atoms with Crippen molar-refractivity contribution in [3.63, 3.8) is 0 Å². The van der Waals surface area contributed by atoms with Gasteiger partial charge in [0.2, 0.25) is 5.95 Å². The maximum Gasteiger partial charge on any atom is 0.225 e. The number of pyridine rings is 1. The van der Waals surface area contributed by atoms with E-state index in [0.29, 0.717) is 0 Å². The molecule has 0 radical (unpaired) electrons. The van der Waals surface area contributed by atoms with Crippen molar-refractivity contribution in [1.82, 2.24) is 15.0 Å². The Morgan fingerprint density at radius 3 is 2.29 bits per heavy atom. The van der Waals surface area contributed by atoms with Crippen LogP contribution < -0.4 is 4.90 Å². The molecule has 1 aromatic carbocycles. The Labute approximate surface area is 142 Å². The molecule has 0 N–H and O–H groups in total. The minimum atomic E-state index is 0.834. The molecule has 24 heavy (non-hydrogen) atoms. The minimum Gasteiger partial charge on any atom is -0.341 e. The zero-order valence-corrected chi connectivity index (χ0v) is 13.8. The predicted octanol–water partition coefficient (Wildman–Crippen LogP) is 4.11. The molecule has 3 heterocycles. The van der Waals surface area contributed by atoms with E-state index in [1.807, 2.05) is 30.7 Å². The van der Waals surface area contributed by atoms with Crippen LogP contribution in [0.5, 0.6) is 0 Å². The quantitative estimate of drug-likeness (QED) is 0.729. The van der Waals surface area contributed by atoms with Crippen molar-refractivity contribution in [2.24, 2.45) is 0 Å². The largest absolute Gasteiger partial charge is 0.341 e. The van der Waals surface area contributed by atoms with Crippen molar-refractivity contribution in [1.29, 1.82) is 0 Å². The van der Waals surface area contributed by atoms with E-state index in [2.05, 4.69) is 46.1 Å². The molecule has 0 amide bonds. The second kappa shape index (κ2) is 6.40. The monoisotopic (exact) mass is 316 g/mol. The summed E-state index contributed by atoms with van der Waals surface area (Å²) in [7, 11) is 0. The number of anilines is 1. The molecule has 0 bridgehead atoms. The van der Waals surface area contributed by atoms with E-state index < -0.39 is 0 Å². The van der Waals surface area contributed by atoms with E-state index >= 15 is 0 Å². The number of hydrogen-bond acceptors (Lipinski definition) is 4. The summed E-state index contributed by atoms with van der Waals surface area (Å²) in [6.45, 7) is 4.19. The van der Waals surface area contributed by atoms with Crippen LogP contribution in [0.4, 0.5) is 5.95 Å². The molecule has 1 aliphatic heterocycles. The summed E-state index contributed by atoms with van der Waals surface area (Å²) in [6.07, 6.45) is 8.00. The van der Waals surface area contributed by atoms with Gasteiger partial charge in [-0.2, -0.15) is 0 Å². The molecule has 1 fully saturated rings. The summed E-state index contributed by atoms with van der Waals surface area (Å²) in [5, 5.41) is 0. The van der Waals surface area contributed by atoms with E-state index in [0.717, 1.165) is 41.4 Å². The van der Waals surface area contributed by atoms with Gasteiger partial charge in [0, 0.05) is 42.8 Å². The Morgan fingerprint density at radius 1 is 0.875 bits per heavy atom. The highest BCUT2D eigenvalue weighted by atomic mass is 15.3. The predicted molar refractivity (Wildman–Crippen MR) is 96.9 cm³/mol. The average molecular weight is 316 g/mol. The highest BCUT2D eigenvalue weighted by molar-refractivity contribution is 5.80. The summed E-state index contributed by atoms with van der Waals surface area (Å²) in [6, 6.07) is 12.5. The van der Waals surface area contributed by atoms with Crippen molar-refractivity contribution in [2.75, 3.05) is 18.0 Å². The molecule has 4 rings (SSSR count). The fourth-order valence-electron chi connectivity index (χ4n) is 3.12. The first-order valence-electron chi connectivity index (χ1n) is 8.41. The van der Waals surface area contributed by atoms with E-state index in [-0.39, 0.29) is 0 Å². The first kappa shape index (κ1) is 14.8. The van der Waals surface area contributed by atoms with Crippen LogP contribution in [0.1, 0.15) is 18.4 Å². The van der Waals surface area contributed by atoms with Gasteiger partial charge in [-0.3, -0.25) is 4.98 Å². The van der Waals surface area contributed by atoms with Crippen LogP contribution in [0.15, 0.2) is 55.0 Å². The molecule has 1 aliphatic rings. The molecule has 0 atom stereocenters. The molecule has 0 spiro atoms. The number of nitrogens with zero attached hydrogens (tertiary/aromatic N) is 4. The van der Waals surface area contributed by atoms with E-state index in [4.69, 9.17) is 4.98 Å². The summed E-state index contributed by atoms with van der Waals surface area (Å²) >= 11 is 0. The van der Waals surface area contributed by atoms with Gasteiger partial charge < -0.3 is 4.90 Å². The van der Waals surface area contributed by atoms with E-state index in [9.17, 15) is 0 Å². The van der Waals surface area contributed by atoms with Crippen LogP contribution in [0.3, 0.4) is 0 Å². The highest BCUT2D eigenvalue weighted by Gasteiger charge is 2.18. The third-order valence-electron chi connectivity index (χ3n) is 4.48. The van der Waals surface area contributed by atoms with E-state index in [1.54, 1.807) is 0 Å². The Hall–Kier alpha value is -2.75. The Kier molecular flexibility index (Phi) is 3.95. The highest BCUT2D eigenvalue weighted by Crippen LogP contribution is 2.31. The molecule has 3 aromatic rings. The van der Waals surface area contributed by atoms with Gasteiger partial charge in [0.15, 0.2) is 0 Å². The van der Waals surface area contributed by atoms with Crippen molar-refractivity contribution >= 4 is 5.95 Å². The first-order valence-corrected chi connectivity index (χ1v) is 8.41. The van der Waals surface area contributed by atoms with Crippen molar-refractivity contribution in [3.8, 4) is 22.4 Å². The van der Waals surface area contributed by atoms with Crippen LogP contribution in [0.2, 0.25) is 0 Å². The molecular formula is C20H20N4. The topological polar surface area (TPSA) is 41.9 Å². The maximum absolute atomic E-state index is 4.93. The maximum atomic E-state index is 4.93. The van der Waals surface area contributed by atoms with Gasteiger partial charge in [-0.05, 0) is 37.5 Å². The first-order chi connectivity index (χ1) is 11.8. The SMILES string of the molecule is Cc1ccc(-c2nc(N3CCCC3)ncc2-c2ccncc2)cc1. The average Bonchev–Trinajstić information content (AvgIpc) is 3.17. The van der Waals surface area contributed by atoms with E-state index in [1.165, 1.54) is 18.4 Å². The van der Waals surface area contributed by atoms with Gasteiger partial charge in [-0.25, -0.2) is 9.97 Å². The summed E-state index contributed by atoms with van der Waals surface area (Å²) < 4.78 is 0. The van der Waals surface area contributed by atoms with Crippen molar-refractivity contribution in [3.05, 3.63) is 60.6 Å². The van der Waals surface area contributed by atoms with Crippen LogP contribution in [-0.4, -0.2) is 28.0 Å². The molecule has 0 aliphatic carbocycles. The summed E-state index contributed by atoms with van der Waals surface area (Å²) in [4.78, 5) is 15.9. The second-order valence-electron chi connectivity index (χ2n) is 6.23. The lowest BCUT2D eigenvalue weighted by atomic mass is 10.0. The summed E-state index contributed by atoms with van der Waals surface area (Å²) in [5.41, 5.74) is 5.49. The van der Waals surface area contributed by atoms with Crippen LogP contribution >= 0.6 is 0 Å². The Balaban J connectivity index is 1.85. The molecule has 4 nitrogen and oxygen atoms in total. The molecule has 0 saturated carbocycles. The molecule has 2 aromatic heterocycles. The molecular weight excluding hydrogens is 296 g/mol.